The van der Waals surface area contributed by atoms with E-state index in [4.69, 9.17) is 23.2 Å². The SMILES string of the molecule is CNS(=O)(=O)c1ccc(O)c(N=Nc2c(C)nn(-c3cccc(Cl)c3)c2O)c1.C[N-]S(=O)(=O)c1ccc(O)c(N=NC2C(=O)N(c3cccc(Cl)c3)N=C2C)c1.[Co].[H+]. The van der Waals surface area contributed by atoms with Gasteiger partial charge < -0.3 is 20.0 Å². The molecule has 1 atom stereocenters. The van der Waals surface area contributed by atoms with Crippen LogP contribution in [0.25, 0.3) is 10.4 Å². The van der Waals surface area contributed by atoms with Crippen LogP contribution < -0.4 is 9.73 Å². The maximum atomic E-state index is 12.6. The van der Waals surface area contributed by atoms with Crippen LogP contribution >= 0.6 is 23.2 Å². The van der Waals surface area contributed by atoms with Crippen LogP contribution in [0.3, 0.4) is 0 Å². The Bertz CT molecular complexity index is 2650. The number of hydrogen-bond donors (Lipinski definition) is 4. The summed E-state index contributed by atoms with van der Waals surface area (Å²) in [6, 6.07) is 19.4. The molecule has 4 aromatic carbocycles. The summed E-state index contributed by atoms with van der Waals surface area (Å²) >= 11 is 11.9. The molecule has 1 unspecified atom stereocenters. The molecule has 0 spiro atoms. The van der Waals surface area contributed by atoms with E-state index in [0.717, 1.165) is 13.1 Å². The number of phenols is 2. The zero-order valence-electron chi connectivity index (χ0n) is 31.0. The van der Waals surface area contributed by atoms with Crippen LogP contribution in [0.1, 0.15) is 14.0 Å². The molecular weight excluding hydrogens is 870 g/mol. The van der Waals surface area contributed by atoms with E-state index < -0.39 is 32.0 Å². The number of aryl methyl sites for hydroxylation is 1. The van der Waals surface area contributed by atoms with Crippen molar-refractivity contribution in [2.24, 2.45) is 25.6 Å². The van der Waals surface area contributed by atoms with Crippen molar-refractivity contribution in [2.45, 2.75) is 29.7 Å². The summed E-state index contributed by atoms with van der Waals surface area (Å²) < 4.78 is 54.2. The Morgan fingerprint density at radius 3 is 1.96 bits per heavy atom. The van der Waals surface area contributed by atoms with Gasteiger partial charge in [-0.15, -0.1) is 10.2 Å². The monoisotopic (exact) mass is 901 g/mol. The molecule has 0 aliphatic carbocycles. The number of rotatable bonds is 10. The first-order chi connectivity index (χ1) is 26.4. The third-order valence-corrected chi connectivity index (χ3v) is 11.0. The van der Waals surface area contributed by atoms with Gasteiger partial charge in [0.2, 0.25) is 15.9 Å². The normalized spacial score (nSPS) is 14.4. The average Bonchev–Trinajstić information content (AvgIpc) is 3.62. The third-order valence-electron chi connectivity index (χ3n) is 7.76. The number of hydrazone groups is 1. The van der Waals surface area contributed by atoms with Crippen LogP contribution in [0, 0.1) is 6.92 Å². The molecule has 1 aliphatic rings. The molecule has 1 aliphatic heterocycles. The summed E-state index contributed by atoms with van der Waals surface area (Å²) in [5.74, 6) is -1.28. The number of sulfonamides is 2. The molecule has 0 saturated carbocycles. The maximum Gasteiger partial charge on any atom is 1.00 e. The Kier molecular flexibility index (Phi) is 14.3. The fourth-order valence-electron chi connectivity index (χ4n) is 4.84. The van der Waals surface area contributed by atoms with Crippen molar-refractivity contribution in [1.29, 1.82) is 0 Å². The second-order valence-electron chi connectivity index (χ2n) is 11.5. The molecule has 4 N–H and O–H groups in total. The number of nitrogens with zero attached hydrogens (tertiary/aromatic N) is 9. The van der Waals surface area contributed by atoms with Crippen molar-refractivity contribution >= 4 is 77.6 Å². The molecule has 301 valence electrons. The van der Waals surface area contributed by atoms with Crippen molar-refractivity contribution in [3.63, 3.8) is 0 Å². The number of hydrogen-bond acceptors (Lipinski definition) is 14. The summed E-state index contributed by atoms with van der Waals surface area (Å²) in [4.78, 5) is 12.4. The fraction of sp³-hybridized carbons (Fsp3) is 0.147. The number of aromatic hydroxyl groups is 3. The molecule has 1 radical (unpaired) electrons. The molecule has 2 heterocycles. The van der Waals surface area contributed by atoms with Crippen molar-refractivity contribution < 1.29 is 55.2 Å². The van der Waals surface area contributed by atoms with Crippen molar-refractivity contribution in [2.75, 3.05) is 19.1 Å². The predicted octanol–water partition coefficient (Wildman–Crippen LogP) is 7.29. The van der Waals surface area contributed by atoms with Crippen molar-refractivity contribution in [1.82, 2.24) is 14.5 Å². The first-order valence-corrected chi connectivity index (χ1v) is 19.6. The molecule has 6 rings (SSSR count). The van der Waals surface area contributed by atoms with E-state index in [9.17, 15) is 36.9 Å². The van der Waals surface area contributed by atoms with Crippen LogP contribution in [-0.2, 0) is 41.6 Å². The number of anilines is 1. The minimum absolute atomic E-state index is 0. The number of azo groups is 2. The molecule has 5 aromatic rings. The standard InChI is InChI=1S/C17H16ClN5O4S.C17H15ClN5O4S.Co/c2*1-10-16(17(25)23(22-10)12-5-3-4-11(18)8-12)21-20-14-9-13(6-7-15(14)24)28(26,27)19-2;/h3-9,19,24-25H,1-2H3;3-9,16H,1-2H3,(H,21,24);/q;-1;/p+1. The number of phenolic OH excluding ortho intramolecular Hbond substituents is 2. The van der Waals surface area contributed by atoms with Gasteiger partial charge in [-0.1, -0.05) is 35.3 Å². The summed E-state index contributed by atoms with van der Waals surface area (Å²) in [5.41, 5.74) is 1.66. The van der Waals surface area contributed by atoms with Crippen LogP contribution in [0.4, 0.5) is 22.7 Å². The Balaban J connectivity index is 0.000000300. The molecule has 1 aromatic heterocycles. The van der Waals surface area contributed by atoms with Gasteiger partial charge in [0.15, 0.2) is 11.7 Å². The molecule has 0 saturated heterocycles. The van der Waals surface area contributed by atoms with E-state index in [0.29, 0.717) is 32.8 Å². The first kappa shape index (κ1) is 44.5. The Hall–Kier alpha value is -5.26. The Morgan fingerprint density at radius 2 is 1.37 bits per heavy atom. The number of benzene rings is 4. The van der Waals surface area contributed by atoms with Gasteiger partial charge in [-0.3, -0.25) is 4.79 Å². The zero-order chi connectivity index (χ0) is 40.9. The van der Waals surface area contributed by atoms with E-state index in [1.807, 2.05) is 0 Å². The number of nitrogens with one attached hydrogen (secondary N) is 1. The van der Waals surface area contributed by atoms with E-state index in [1.54, 1.807) is 62.4 Å². The van der Waals surface area contributed by atoms with Crippen molar-refractivity contribution in [3.8, 4) is 23.1 Å². The van der Waals surface area contributed by atoms with Crippen LogP contribution in [0.2, 0.25) is 10.0 Å². The van der Waals surface area contributed by atoms with E-state index in [2.05, 4.69) is 40.1 Å². The van der Waals surface area contributed by atoms with E-state index in [-0.39, 0.29) is 62.4 Å². The van der Waals surface area contributed by atoms with Gasteiger partial charge in [0.05, 0.1) is 32.6 Å². The predicted molar refractivity (Wildman–Crippen MR) is 210 cm³/mol. The average molecular weight is 903 g/mol. The fourth-order valence-corrected chi connectivity index (χ4v) is 6.67. The van der Waals surface area contributed by atoms with Crippen LogP contribution in [0.15, 0.2) is 120 Å². The molecule has 18 nitrogen and oxygen atoms in total. The summed E-state index contributed by atoms with van der Waals surface area (Å²) in [5, 5.41) is 56.4. The molecule has 0 bridgehead atoms. The second-order valence-corrected chi connectivity index (χ2v) is 16.1. The molecular formula is C34H32Cl2CoN10O8S2. The maximum absolute atomic E-state index is 12.6. The van der Waals surface area contributed by atoms with Gasteiger partial charge in [0.1, 0.15) is 32.9 Å². The topological polar surface area (TPSA) is 255 Å². The number of carbonyl (C=O) groups is 1. The van der Waals surface area contributed by atoms with Gasteiger partial charge in [0, 0.05) is 26.8 Å². The Labute approximate surface area is 348 Å². The quantitative estimate of drug-likeness (QED) is 0.103. The molecule has 57 heavy (non-hydrogen) atoms. The first-order valence-electron chi connectivity index (χ1n) is 15.9. The summed E-state index contributed by atoms with van der Waals surface area (Å²) in [7, 11) is -5.14. The zero-order valence-corrected chi connectivity index (χ0v) is 34.2. The number of carbonyl (C=O) groups excluding carboxylic acids is 1. The number of amides is 1. The van der Waals surface area contributed by atoms with Gasteiger partial charge in [-0.2, -0.15) is 37.2 Å². The summed E-state index contributed by atoms with van der Waals surface area (Å²) in [6.07, 6.45) is 0. The largest absolute Gasteiger partial charge is 1.00 e. The van der Waals surface area contributed by atoms with Crippen molar-refractivity contribution in [3.05, 3.63) is 105 Å². The van der Waals surface area contributed by atoms with Gasteiger partial charge in [-0.25, -0.2) is 21.6 Å². The molecule has 1 amide bonds. The second kappa shape index (κ2) is 18.3. The Morgan fingerprint density at radius 1 is 0.807 bits per heavy atom. The smallest absolute Gasteiger partial charge is 0.547 e. The minimum Gasteiger partial charge on any atom is -0.547 e. The number of aromatic nitrogens is 2. The van der Waals surface area contributed by atoms with Gasteiger partial charge in [-0.05, 0) is 93.7 Å². The van der Waals surface area contributed by atoms with Gasteiger partial charge >= 0.3 is 1.43 Å². The van der Waals surface area contributed by atoms with E-state index >= 15 is 0 Å². The minimum atomic E-state index is -3.84. The van der Waals surface area contributed by atoms with Crippen LogP contribution in [-0.4, -0.2) is 73.7 Å². The number of halogens is 2. The van der Waals surface area contributed by atoms with Gasteiger partial charge in [0.25, 0.3) is 5.91 Å². The van der Waals surface area contributed by atoms with Crippen LogP contribution in [0.5, 0.6) is 17.4 Å². The molecule has 23 heteroatoms. The van der Waals surface area contributed by atoms with E-state index in [1.165, 1.54) is 47.1 Å². The third kappa shape index (κ3) is 10.2. The molecule has 0 fully saturated rings. The summed E-state index contributed by atoms with van der Waals surface area (Å²) in [6.45, 7) is 3.24.